The van der Waals surface area contributed by atoms with E-state index < -0.39 is 5.97 Å². The normalized spacial score (nSPS) is 12.7. The highest BCUT2D eigenvalue weighted by molar-refractivity contribution is 7.13. The number of aromatic nitrogens is 2. The van der Waals surface area contributed by atoms with Crippen molar-refractivity contribution in [2.75, 3.05) is 11.9 Å². The van der Waals surface area contributed by atoms with Gasteiger partial charge in [-0.25, -0.2) is 4.79 Å². The van der Waals surface area contributed by atoms with Crippen molar-refractivity contribution >= 4 is 28.5 Å². The first kappa shape index (κ1) is 17.4. The van der Waals surface area contributed by atoms with Gasteiger partial charge in [0.25, 0.3) is 0 Å². The molecule has 7 nitrogen and oxygen atoms in total. The van der Waals surface area contributed by atoms with Crippen molar-refractivity contribution in [2.45, 2.75) is 40.0 Å². The van der Waals surface area contributed by atoms with Gasteiger partial charge in [0.05, 0.1) is 0 Å². The summed E-state index contributed by atoms with van der Waals surface area (Å²) in [7, 11) is 0. The molecule has 0 spiro atoms. The smallest absolute Gasteiger partial charge is 0.321 e. The molecule has 21 heavy (non-hydrogen) atoms. The zero-order valence-corrected chi connectivity index (χ0v) is 13.4. The fourth-order valence-corrected chi connectivity index (χ4v) is 2.48. The van der Waals surface area contributed by atoms with Crippen LogP contribution in [0, 0.1) is 11.3 Å². The summed E-state index contributed by atoms with van der Waals surface area (Å²) in [6.07, 6.45) is 1.50. The summed E-state index contributed by atoms with van der Waals surface area (Å²) in [6, 6.07) is -0.322. The third-order valence-electron chi connectivity index (χ3n) is 3.29. The molecule has 118 valence electrons. The lowest BCUT2D eigenvalue weighted by atomic mass is 9.76. The summed E-state index contributed by atoms with van der Waals surface area (Å²) in [4.78, 5) is 22.3. The molecule has 1 atom stereocenters. The van der Waals surface area contributed by atoms with E-state index in [1.807, 2.05) is 0 Å². The van der Waals surface area contributed by atoms with E-state index in [9.17, 15) is 9.59 Å². The second-order valence-corrected chi connectivity index (χ2v) is 6.74. The first-order valence-corrected chi connectivity index (χ1v) is 7.70. The SMILES string of the molecule is CC(C)(C)C(CCNC(=O)Nc1nncs1)CCC(=O)O. The Hall–Kier alpha value is -1.70. The van der Waals surface area contributed by atoms with Gasteiger partial charge in [-0.3, -0.25) is 10.1 Å². The third kappa shape index (κ3) is 7.03. The van der Waals surface area contributed by atoms with Gasteiger partial charge in [0.2, 0.25) is 5.13 Å². The molecule has 0 aliphatic rings. The molecule has 1 unspecified atom stereocenters. The fraction of sp³-hybridized carbons (Fsp3) is 0.692. The average Bonchev–Trinajstić information content (AvgIpc) is 2.84. The molecule has 0 aliphatic carbocycles. The number of carboxylic acid groups (broad SMARTS) is 1. The van der Waals surface area contributed by atoms with Gasteiger partial charge in [0.15, 0.2) is 0 Å². The van der Waals surface area contributed by atoms with Crippen molar-refractivity contribution in [1.82, 2.24) is 15.5 Å². The Balaban J connectivity index is 2.35. The van der Waals surface area contributed by atoms with Crippen LogP contribution >= 0.6 is 11.3 Å². The monoisotopic (exact) mass is 314 g/mol. The molecular formula is C13H22N4O3S. The highest BCUT2D eigenvalue weighted by Crippen LogP contribution is 2.32. The number of hydrogen-bond donors (Lipinski definition) is 3. The standard InChI is InChI=1S/C13H22N4O3S/c1-13(2,3)9(4-5-10(18)19)6-7-14-11(20)16-12-17-15-8-21-12/h8-9H,4-7H2,1-3H3,(H,18,19)(H2,14,16,17,20). The Bertz CT molecular complexity index is 456. The van der Waals surface area contributed by atoms with E-state index in [0.29, 0.717) is 18.1 Å². The molecule has 0 aliphatic heterocycles. The van der Waals surface area contributed by atoms with Crippen molar-refractivity contribution in [1.29, 1.82) is 0 Å². The van der Waals surface area contributed by atoms with Crippen LogP contribution in [-0.4, -0.2) is 33.8 Å². The van der Waals surface area contributed by atoms with Crippen LogP contribution in [0.1, 0.15) is 40.0 Å². The Labute approximate surface area is 128 Å². The van der Waals surface area contributed by atoms with Crippen LogP contribution in [0.25, 0.3) is 0 Å². The minimum atomic E-state index is -0.786. The van der Waals surface area contributed by atoms with Gasteiger partial charge >= 0.3 is 12.0 Å². The van der Waals surface area contributed by atoms with Crippen LogP contribution in [0.5, 0.6) is 0 Å². The van der Waals surface area contributed by atoms with Gasteiger partial charge in [-0.15, -0.1) is 10.2 Å². The lowest BCUT2D eigenvalue weighted by Crippen LogP contribution is -2.32. The van der Waals surface area contributed by atoms with E-state index in [4.69, 9.17) is 5.11 Å². The highest BCUT2D eigenvalue weighted by Gasteiger charge is 2.24. The van der Waals surface area contributed by atoms with E-state index in [-0.39, 0.29) is 23.8 Å². The van der Waals surface area contributed by atoms with E-state index in [1.54, 1.807) is 0 Å². The Morgan fingerprint density at radius 3 is 2.62 bits per heavy atom. The summed E-state index contributed by atoms with van der Waals surface area (Å²) in [6.45, 7) is 6.74. The highest BCUT2D eigenvalue weighted by atomic mass is 32.1. The summed E-state index contributed by atoms with van der Waals surface area (Å²) >= 11 is 1.25. The zero-order chi connectivity index (χ0) is 15.9. The molecule has 0 fully saturated rings. The summed E-state index contributed by atoms with van der Waals surface area (Å²) in [5.41, 5.74) is 1.55. The number of hydrogen-bond acceptors (Lipinski definition) is 5. The number of anilines is 1. The quantitative estimate of drug-likeness (QED) is 0.717. The molecule has 0 saturated heterocycles. The van der Waals surface area contributed by atoms with Crippen LogP contribution < -0.4 is 10.6 Å². The van der Waals surface area contributed by atoms with Gasteiger partial charge < -0.3 is 10.4 Å². The van der Waals surface area contributed by atoms with Crippen LogP contribution in [-0.2, 0) is 4.79 Å². The van der Waals surface area contributed by atoms with E-state index in [1.165, 1.54) is 16.8 Å². The summed E-state index contributed by atoms with van der Waals surface area (Å²) in [5.74, 6) is -0.554. The number of aliphatic carboxylic acids is 1. The van der Waals surface area contributed by atoms with Crippen molar-refractivity contribution in [2.24, 2.45) is 11.3 Å². The second-order valence-electron chi connectivity index (χ2n) is 5.91. The lowest BCUT2D eigenvalue weighted by molar-refractivity contribution is -0.137. The molecule has 1 aromatic heterocycles. The van der Waals surface area contributed by atoms with Crippen molar-refractivity contribution < 1.29 is 14.7 Å². The maximum atomic E-state index is 11.6. The van der Waals surface area contributed by atoms with Crippen molar-refractivity contribution in [3.05, 3.63) is 5.51 Å². The molecule has 0 radical (unpaired) electrons. The summed E-state index contributed by atoms with van der Waals surface area (Å²) < 4.78 is 0. The molecule has 8 heteroatoms. The minimum absolute atomic E-state index is 0.00678. The van der Waals surface area contributed by atoms with E-state index >= 15 is 0 Å². The number of carboxylic acids is 1. The van der Waals surface area contributed by atoms with E-state index in [2.05, 4.69) is 41.6 Å². The van der Waals surface area contributed by atoms with Crippen LogP contribution in [0.3, 0.4) is 0 Å². The molecule has 0 saturated carbocycles. The van der Waals surface area contributed by atoms with Crippen LogP contribution in [0.4, 0.5) is 9.93 Å². The second kappa shape index (κ2) is 7.92. The molecule has 0 aromatic carbocycles. The Morgan fingerprint density at radius 2 is 2.10 bits per heavy atom. The molecule has 0 bridgehead atoms. The number of carbonyl (C=O) groups is 2. The Kier molecular flexibility index (Phi) is 6.54. The number of rotatable bonds is 7. The average molecular weight is 314 g/mol. The molecule has 1 heterocycles. The van der Waals surface area contributed by atoms with Crippen LogP contribution in [0.2, 0.25) is 0 Å². The summed E-state index contributed by atoms with van der Waals surface area (Å²) in [5, 5.41) is 21.9. The molecule has 1 rings (SSSR count). The van der Waals surface area contributed by atoms with Crippen molar-refractivity contribution in [3.63, 3.8) is 0 Å². The molecule has 2 amide bonds. The number of nitrogens with zero attached hydrogens (tertiary/aromatic N) is 2. The van der Waals surface area contributed by atoms with Gasteiger partial charge in [-0.05, 0) is 24.2 Å². The maximum Gasteiger partial charge on any atom is 0.321 e. The van der Waals surface area contributed by atoms with Gasteiger partial charge in [0, 0.05) is 13.0 Å². The van der Waals surface area contributed by atoms with Gasteiger partial charge in [-0.1, -0.05) is 32.1 Å². The molecular weight excluding hydrogens is 292 g/mol. The Morgan fingerprint density at radius 1 is 1.38 bits per heavy atom. The molecule has 1 aromatic rings. The fourth-order valence-electron chi connectivity index (χ4n) is 2.04. The first-order valence-electron chi connectivity index (χ1n) is 6.82. The topological polar surface area (TPSA) is 104 Å². The zero-order valence-electron chi connectivity index (χ0n) is 12.5. The minimum Gasteiger partial charge on any atom is -0.481 e. The predicted octanol–water partition coefficient (Wildman–Crippen LogP) is 2.58. The number of carbonyl (C=O) groups excluding carboxylic acids is 1. The maximum absolute atomic E-state index is 11.6. The first-order chi connectivity index (χ1) is 9.79. The molecule has 3 N–H and O–H groups in total. The van der Waals surface area contributed by atoms with Gasteiger partial charge in [-0.2, -0.15) is 0 Å². The van der Waals surface area contributed by atoms with Crippen molar-refractivity contribution in [3.8, 4) is 0 Å². The van der Waals surface area contributed by atoms with Crippen LogP contribution in [0.15, 0.2) is 5.51 Å². The number of nitrogens with one attached hydrogen (secondary N) is 2. The number of amides is 2. The third-order valence-corrected chi connectivity index (χ3v) is 3.90. The van der Waals surface area contributed by atoms with E-state index in [0.717, 1.165) is 6.42 Å². The predicted molar refractivity (Wildman–Crippen MR) is 81.4 cm³/mol. The van der Waals surface area contributed by atoms with Gasteiger partial charge in [0.1, 0.15) is 5.51 Å². The lowest BCUT2D eigenvalue weighted by Gasteiger charge is -2.30. The largest absolute Gasteiger partial charge is 0.481 e. The number of urea groups is 1.